The highest BCUT2D eigenvalue weighted by atomic mass is 32.2. The lowest BCUT2D eigenvalue weighted by atomic mass is 9.93. The Balaban J connectivity index is 1.56. The zero-order chi connectivity index (χ0) is 14.9. The number of benzene rings is 1. The Bertz CT molecular complexity index is 639. The molecule has 1 aromatic carbocycles. The minimum Gasteiger partial charge on any atom is -0.312 e. The first-order valence-corrected chi connectivity index (χ1v) is 8.98. The van der Waals surface area contributed by atoms with E-state index >= 15 is 0 Å². The molecule has 0 aliphatic heterocycles. The van der Waals surface area contributed by atoms with Crippen LogP contribution >= 0.6 is 0 Å². The van der Waals surface area contributed by atoms with Crippen LogP contribution in [0.3, 0.4) is 0 Å². The minimum atomic E-state index is -3.36. The largest absolute Gasteiger partial charge is 0.312 e. The monoisotopic (exact) mass is 306 g/mol. The second kappa shape index (κ2) is 5.91. The standard InChI is InChI=1S/C16H22N2O2S/c1-17-21(19,20)16-4-2-3-13(9-16)10-18-11-15-8-12-5-6-14(15)7-12/h2-6,9,12,14-15,17-18H,7-8,10-11H2,1H3. The van der Waals surface area contributed by atoms with Crippen molar-refractivity contribution in [2.45, 2.75) is 24.3 Å². The van der Waals surface area contributed by atoms with E-state index in [0.29, 0.717) is 11.4 Å². The maximum Gasteiger partial charge on any atom is 0.240 e. The molecule has 3 rings (SSSR count). The number of fused-ring (bicyclic) bond motifs is 2. The first-order chi connectivity index (χ1) is 10.1. The van der Waals surface area contributed by atoms with Gasteiger partial charge >= 0.3 is 0 Å². The van der Waals surface area contributed by atoms with Gasteiger partial charge in [-0.3, -0.25) is 0 Å². The van der Waals surface area contributed by atoms with Gasteiger partial charge in [-0.05, 0) is 61.9 Å². The molecule has 3 unspecified atom stereocenters. The van der Waals surface area contributed by atoms with Crippen molar-refractivity contribution in [3.05, 3.63) is 42.0 Å². The van der Waals surface area contributed by atoms with Crippen molar-refractivity contribution in [3.63, 3.8) is 0 Å². The average Bonchev–Trinajstić information content (AvgIpc) is 3.10. The minimum absolute atomic E-state index is 0.326. The van der Waals surface area contributed by atoms with E-state index in [0.717, 1.165) is 29.9 Å². The zero-order valence-electron chi connectivity index (χ0n) is 12.2. The van der Waals surface area contributed by atoms with Gasteiger partial charge in [0, 0.05) is 6.54 Å². The normalized spacial score (nSPS) is 27.4. The van der Waals surface area contributed by atoms with Crippen molar-refractivity contribution in [2.75, 3.05) is 13.6 Å². The van der Waals surface area contributed by atoms with Crippen molar-refractivity contribution < 1.29 is 8.42 Å². The summed E-state index contributed by atoms with van der Waals surface area (Å²) in [6.45, 7) is 1.72. The van der Waals surface area contributed by atoms with Gasteiger partial charge in [0.1, 0.15) is 0 Å². The molecule has 0 amide bonds. The third-order valence-electron chi connectivity index (χ3n) is 4.63. The van der Waals surface area contributed by atoms with Crippen molar-refractivity contribution in [1.29, 1.82) is 0 Å². The number of hydrogen-bond acceptors (Lipinski definition) is 3. The second-order valence-corrected chi connectivity index (χ2v) is 7.91. The van der Waals surface area contributed by atoms with E-state index in [9.17, 15) is 8.42 Å². The highest BCUT2D eigenvalue weighted by Crippen LogP contribution is 2.42. The fourth-order valence-corrected chi connectivity index (χ4v) is 4.27. The van der Waals surface area contributed by atoms with Crippen molar-refractivity contribution >= 4 is 10.0 Å². The molecule has 5 heteroatoms. The second-order valence-electron chi connectivity index (χ2n) is 6.03. The summed E-state index contributed by atoms with van der Waals surface area (Å²) in [4.78, 5) is 0.326. The molecule has 0 radical (unpaired) electrons. The molecule has 0 heterocycles. The number of hydrogen-bond donors (Lipinski definition) is 2. The lowest BCUT2D eigenvalue weighted by Gasteiger charge is -2.18. The molecule has 2 aliphatic rings. The average molecular weight is 306 g/mol. The Kier molecular flexibility index (Phi) is 4.15. The molecule has 21 heavy (non-hydrogen) atoms. The quantitative estimate of drug-likeness (QED) is 0.789. The maximum atomic E-state index is 11.8. The number of allylic oxidation sites excluding steroid dienone is 2. The molecule has 114 valence electrons. The van der Waals surface area contributed by atoms with Crippen LogP contribution in [0.5, 0.6) is 0 Å². The van der Waals surface area contributed by atoms with E-state index in [2.05, 4.69) is 22.2 Å². The molecular formula is C16H22N2O2S. The highest BCUT2D eigenvalue weighted by Gasteiger charge is 2.34. The van der Waals surface area contributed by atoms with E-state index in [1.165, 1.54) is 19.9 Å². The number of rotatable bonds is 6. The first-order valence-electron chi connectivity index (χ1n) is 7.50. The molecule has 1 aromatic rings. The Morgan fingerprint density at radius 1 is 1.24 bits per heavy atom. The van der Waals surface area contributed by atoms with Gasteiger partial charge in [-0.2, -0.15) is 0 Å². The van der Waals surface area contributed by atoms with Gasteiger partial charge in [0.25, 0.3) is 0 Å². The van der Waals surface area contributed by atoms with Crippen LogP contribution in [-0.4, -0.2) is 22.0 Å². The van der Waals surface area contributed by atoms with Gasteiger partial charge in [-0.1, -0.05) is 24.3 Å². The molecule has 0 saturated heterocycles. The maximum absolute atomic E-state index is 11.8. The Morgan fingerprint density at radius 2 is 2.10 bits per heavy atom. The Labute approximate surface area is 126 Å². The SMILES string of the molecule is CNS(=O)(=O)c1cccc(CNCC2CC3C=CC2C3)c1. The lowest BCUT2D eigenvalue weighted by molar-refractivity contribution is 0.414. The van der Waals surface area contributed by atoms with E-state index in [1.807, 2.05) is 6.07 Å². The first kappa shape index (κ1) is 14.8. The highest BCUT2D eigenvalue weighted by molar-refractivity contribution is 7.89. The van der Waals surface area contributed by atoms with Crippen LogP contribution in [0.2, 0.25) is 0 Å². The van der Waals surface area contributed by atoms with Gasteiger partial charge in [0.05, 0.1) is 4.90 Å². The summed E-state index contributed by atoms with van der Waals surface area (Å²) < 4.78 is 25.9. The van der Waals surface area contributed by atoms with Crippen LogP contribution in [0.15, 0.2) is 41.3 Å². The van der Waals surface area contributed by atoms with Crippen molar-refractivity contribution in [1.82, 2.24) is 10.0 Å². The summed E-state index contributed by atoms with van der Waals surface area (Å²) in [6.07, 6.45) is 7.33. The van der Waals surface area contributed by atoms with Crippen molar-refractivity contribution in [2.24, 2.45) is 17.8 Å². The zero-order valence-corrected chi connectivity index (χ0v) is 13.1. The molecule has 2 bridgehead atoms. The van der Waals surface area contributed by atoms with Gasteiger partial charge in [0.15, 0.2) is 0 Å². The molecule has 0 spiro atoms. The van der Waals surface area contributed by atoms with Crippen LogP contribution in [0.25, 0.3) is 0 Å². The topological polar surface area (TPSA) is 58.2 Å². The van der Waals surface area contributed by atoms with Crippen LogP contribution in [0, 0.1) is 17.8 Å². The number of nitrogens with one attached hydrogen (secondary N) is 2. The summed E-state index contributed by atoms with van der Waals surface area (Å²) in [5, 5.41) is 3.48. The van der Waals surface area contributed by atoms with Crippen LogP contribution < -0.4 is 10.0 Å². The van der Waals surface area contributed by atoms with Crippen LogP contribution in [0.4, 0.5) is 0 Å². The molecule has 2 aliphatic carbocycles. The van der Waals surface area contributed by atoms with Gasteiger partial charge in [-0.25, -0.2) is 13.1 Å². The molecule has 1 fully saturated rings. The predicted octanol–water partition coefficient (Wildman–Crippen LogP) is 1.90. The third kappa shape index (κ3) is 3.20. The molecule has 0 aromatic heterocycles. The molecule has 1 saturated carbocycles. The summed E-state index contributed by atoms with van der Waals surface area (Å²) >= 11 is 0. The molecule has 4 nitrogen and oxygen atoms in total. The summed E-state index contributed by atoms with van der Waals surface area (Å²) in [7, 11) is -1.92. The van der Waals surface area contributed by atoms with E-state index in [1.54, 1.807) is 18.2 Å². The summed E-state index contributed by atoms with van der Waals surface area (Å²) in [6, 6.07) is 7.11. The van der Waals surface area contributed by atoms with E-state index < -0.39 is 10.0 Å². The van der Waals surface area contributed by atoms with Crippen LogP contribution in [-0.2, 0) is 16.6 Å². The summed E-state index contributed by atoms with van der Waals surface area (Å²) in [5.41, 5.74) is 1.00. The van der Waals surface area contributed by atoms with Crippen molar-refractivity contribution in [3.8, 4) is 0 Å². The van der Waals surface area contributed by atoms with E-state index in [-0.39, 0.29) is 0 Å². The van der Waals surface area contributed by atoms with E-state index in [4.69, 9.17) is 0 Å². The Hall–Kier alpha value is -1.17. The Morgan fingerprint density at radius 3 is 2.76 bits per heavy atom. The smallest absolute Gasteiger partial charge is 0.240 e. The third-order valence-corrected chi connectivity index (χ3v) is 6.04. The van der Waals surface area contributed by atoms with Gasteiger partial charge in [0.2, 0.25) is 10.0 Å². The molecule has 3 atom stereocenters. The van der Waals surface area contributed by atoms with Crippen LogP contribution in [0.1, 0.15) is 18.4 Å². The molecular weight excluding hydrogens is 284 g/mol. The molecule has 2 N–H and O–H groups in total. The number of sulfonamides is 1. The van der Waals surface area contributed by atoms with Gasteiger partial charge in [-0.15, -0.1) is 0 Å². The lowest BCUT2D eigenvalue weighted by Crippen LogP contribution is -2.25. The fourth-order valence-electron chi connectivity index (χ4n) is 3.47. The summed E-state index contributed by atoms with van der Waals surface area (Å²) in [5.74, 6) is 2.29. The predicted molar refractivity (Wildman–Crippen MR) is 83.2 cm³/mol. The fraction of sp³-hybridized carbons (Fsp3) is 0.500. The van der Waals surface area contributed by atoms with Gasteiger partial charge < -0.3 is 5.32 Å².